The highest BCUT2D eigenvalue weighted by molar-refractivity contribution is 6.20. The van der Waals surface area contributed by atoms with Crippen LogP contribution in [0.3, 0.4) is 0 Å². The summed E-state index contributed by atoms with van der Waals surface area (Å²) in [6.45, 7) is 0. The molecule has 0 aliphatic heterocycles. The Bertz CT molecular complexity index is 304. The molecule has 0 amide bonds. The van der Waals surface area contributed by atoms with E-state index in [1.54, 1.807) is 0 Å². The molecule has 1 fully saturated rings. The molecule has 2 heteroatoms. The molecule has 0 radical (unpaired) electrons. The second kappa shape index (κ2) is 7.00. The van der Waals surface area contributed by atoms with Crippen LogP contribution >= 0.6 is 11.6 Å². The van der Waals surface area contributed by atoms with Crippen molar-refractivity contribution in [2.75, 3.05) is 0 Å². The first-order chi connectivity index (χ1) is 8.36. The molecule has 1 atom stereocenters. The van der Waals surface area contributed by atoms with E-state index in [-0.39, 0.29) is 5.38 Å². The molecule has 0 aromatic carbocycles. The molecule has 1 unspecified atom stereocenters. The van der Waals surface area contributed by atoms with Crippen LogP contribution in [0.2, 0.25) is 0 Å². The van der Waals surface area contributed by atoms with Crippen molar-refractivity contribution in [3.05, 3.63) is 30.1 Å². The predicted molar refractivity (Wildman–Crippen MR) is 73.4 cm³/mol. The van der Waals surface area contributed by atoms with Gasteiger partial charge in [0.15, 0.2) is 0 Å². The molecule has 0 saturated heterocycles. The lowest BCUT2D eigenvalue weighted by atomic mass is 9.87. The topological polar surface area (TPSA) is 12.9 Å². The van der Waals surface area contributed by atoms with Crippen LogP contribution in [-0.4, -0.2) is 10.4 Å². The Morgan fingerprint density at radius 3 is 2.47 bits per heavy atom. The Morgan fingerprint density at radius 1 is 1.12 bits per heavy atom. The van der Waals surface area contributed by atoms with Crippen LogP contribution in [0.1, 0.15) is 50.6 Å². The summed E-state index contributed by atoms with van der Waals surface area (Å²) < 4.78 is 0. The van der Waals surface area contributed by atoms with E-state index in [0.717, 1.165) is 12.1 Å². The quantitative estimate of drug-likeness (QED) is 0.716. The maximum Gasteiger partial charge on any atom is 0.0419 e. The first-order valence-electron chi connectivity index (χ1n) is 6.90. The summed E-state index contributed by atoms with van der Waals surface area (Å²) >= 11 is 6.58. The van der Waals surface area contributed by atoms with E-state index >= 15 is 0 Å². The van der Waals surface area contributed by atoms with Gasteiger partial charge in [-0.15, -0.1) is 11.6 Å². The standard InChI is InChI=1S/C15H22ClN/c16-15(12-14-10-6-7-11-17-14)13-8-4-2-1-3-5-9-13/h6-7,10-11,13,15H,1-5,8-9,12H2. The van der Waals surface area contributed by atoms with Crippen molar-refractivity contribution in [1.82, 2.24) is 4.98 Å². The Morgan fingerprint density at radius 2 is 1.82 bits per heavy atom. The zero-order valence-electron chi connectivity index (χ0n) is 10.4. The molecule has 2 rings (SSSR count). The monoisotopic (exact) mass is 251 g/mol. The molecule has 1 aromatic rings. The summed E-state index contributed by atoms with van der Waals surface area (Å²) in [6.07, 6.45) is 12.3. The minimum atomic E-state index is 0.267. The van der Waals surface area contributed by atoms with Gasteiger partial charge >= 0.3 is 0 Å². The lowest BCUT2D eigenvalue weighted by Gasteiger charge is -2.24. The fourth-order valence-corrected chi connectivity index (χ4v) is 3.14. The molecular weight excluding hydrogens is 230 g/mol. The van der Waals surface area contributed by atoms with Crippen LogP contribution in [0.5, 0.6) is 0 Å². The second-order valence-corrected chi connectivity index (χ2v) is 5.71. The maximum atomic E-state index is 6.58. The van der Waals surface area contributed by atoms with Crippen molar-refractivity contribution in [3.63, 3.8) is 0 Å². The number of nitrogens with zero attached hydrogens (tertiary/aromatic N) is 1. The molecule has 17 heavy (non-hydrogen) atoms. The molecule has 1 aliphatic rings. The molecular formula is C15H22ClN. The number of hydrogen-bond acceptors (Lipinski definition) is 1. The number of rotatable bonds is 3. The molecule has 1 heterocycles. The summed E-state index contributed by atoms with van der Waals surface area (Å²) in [5.41, 5.74) is 1.13. The highest BCUT2D eigenvalue weighted by atomic mass is 35.5. The van der Waals surface area contributed by atoms with E-state index in [9.17, 15) is 0 Å². The van der Waals surface area contributed by atoms with Gasteiger partial charge in [-0.1, -0.05) is 38.2 Å². The zero-order chi connectivity index (χ0) is 11.9. The SMILES string of the molecule is ClC(Cc1ccccn1)C1CCCCCCC1. The van der Waals surface area contributed by atoms with Crippen LogP contribution < -0.4 is 0 Å². The highest BCUT2D eigenvalue weighted by Crippen LogP contribution is 2.29. The van der Waals surface area contributed by atoms with Gasteiger partial charge in [0.25, 0.3) is 0 Å². The van der Waals surface area contributed by atoms with Crippen molar-refractivity contribution in [3.8, 4) is 0 Å². The number of alkyl halides is 1. The van der Waals surface area contributed by atoms with Crippen molar-refractivity contribution in [2.45, 2.75) is 56.7 Å². The minimum absolute atomic E-state index is 0.267. The summed E-state index contributed by atoms with van der Waals surface area (Å²) in [6, 6.07) is 6.09. The molecule has 94 valence electrons. The van der Waals surface area contributed by atoms with E-state index in [1.165, 1.54) is 44.9 Å². The molecule has 0 spiro atoms. The lowest BCUT2D eigenvalue weighted by Crippen LogP contribution is -2.19. The Hall–Kier alpha value is -0.560. The van der Waals surface area contributed by atoms with Gasteiger partial charge in [-0.25, -0.2) is 0 Å². The smallest absolute Gasteiger partial charge is 0.0419 e. The first kappa shape index (κ1) is 12.9. The van der Waals surface area contributed by atoms with Gasteiger partial charge in [-0.3, -0.25) is 4.98 Å². The number of halogens is 1. The van der Waals surface area contributed by atoms with Crippen LogP contribution in [-0.2, 0) is 6.42 Å². The molecule has 1 aromatic heterocycles. The summed E-state index contributed by atoms with van der Waals surface area (Å²) in [4.78, 5) is 4.37. The van der Waals surface area contributed by atoms with Crippen LogP contribution in [0.4, 0.5) is 0 Å². The van der Waals surface area contributed by atoms with Crippen LogP contribution in [0, 0.1) is 5.92 Å². The summed E-state index contributed by atoms with van der Waals surface area (Å²) in [7, 11) is 0. The number of hydrogen-bond donors (Lipinski definition) is 0. The van der Waals surface area contributed by atoms with Crippen molar-refractivity contribution in [2.24, 2.45) is 5.92 Å². The summed E-state index contributed by atoms with van der Waals surface area (Å²) in [5, 5.41) is 0.267. The predicted octanol–water partition coefficient (Wildman–Crippen LogP) is 4.59. The molecule has 0 N–H and O–H groups in total. The second-order valence-electron chi connectivity index (χ2n) is 5.15. The molecule has 1 aliphatic carbocycles. The summed E-state index contributed by atoms with van der Waals surface area (Å²) in [5.74, 6) is 0.693. The largest absolute Gasteiger partial charge is 0.261 e. The van der Waals surface area contributed by atoms with E-state index in [0.29, 0.717) is 5.92 Å². The van der Waals surface area contributed by atoms with Gasteiger partial charge in [-0.2, -0.15) is 0 Å². The van der Waals surface area contributed by atoms with Crippen molar-refractivity contribution in [1.29, 1.82) is 0 Å². The third-order valence-corrected chi connectivity index (χ3v) is 4.30. The highest BCUT2D eigenvalue weighted by Gasteiger charge is 2.20. The van der Waals surface area contributed by atoms with Gasteiger partial charge in [-0.05, 0) is 30.9 Å². The molecule has 1 saturated carbocycles. The van der Waals surface area contributed by atoms with E-state index in [1.807, 2.05) is 18.3 Å². The fourth-order valence-electron chi connectivity index (χ4n) is 2.73. The van der Waals surface area contributed by atoms with Gasteiger partial charge in [0.2, 0.25) is 0 Å². The maximum absolute atomic E-state index is 6.58. The normalized spacial score (nSPS) is 20.5. The van der Waals surface area contributed by atoms with Crippen molar-refractivity contribution < 1.29 is 0 Å². The first-order valence-corrected chi connectivity index (χ1v) is 7.34. The molecule has 0 bridgehead atoms. The number of aromatic nitrogens is 1. The average Bonchev–Trinajstić information content (AvgIpc) is 2.29. The van der Waals surface area contributed by atoms with Gasteiger partial charge in [0.05, 0.1) is 0 Å². The average molecular weight is 252 g/mol. The Kier molecular flexibility index (Phi) is 5.31. The Labute approximate surface area is 110 Å². The van der Waals surface area contributed by atoms with E-state index in [2.05, 4.69) is 11.1 Å². The zero-order valence-corrected chi connectivity index (χ0v) is 11.2. The van der Waals surface area contributed by atoms with Crippen molar-refractivity contribution >= 4 is 11.6 Å². The third-order valence-electron chi connectivity index (χ3n) is 3.79. The van der Waals surface area contributed by atoms with E-state index < -0.39 is 0 Å². The molecule has 1 nitrogen and oxygen atoms in total. The van der Waals surface area contributed by atoms with Gasteiger partial charge in [0, 0.05) is 23.7 Å². The van der Waals surface area contributed by atoms with Crippen LogP contribution in [0.15, 0.2) is 24.4 Å². The van der Waals surface area contributed by atoms with Gasteiger partial charge in [0.1, 0.15) is 0 Å². The minimum Gasteiger partial charge on any atom is -0.261 e. The lowest BCUT2D eigenvalue weighted by molar-refractivity contribution is 0.363. The third kappa shape index (κ3) is 4.31. The number of pyridine rings is 1. The van der Waals surface area contributed by atoms with E-state index in [4.69, 9.17) is 11.6 Å². The fraction of sp³-hybridized carbons (Fsp3) is 0.667. The Balaban J connectivity index is 1.87. The van der Waals surface area contributed by atoms with Crippen LogP contribution in [0.25, 0.3) is 0 Å². The van der Waals surface area contributed by atoms with Gasteiger partial charge < -0.3 is 0 Å².